The quantitative estimate of drug-likeness (QED) is 0.367. The van der Waals surface area contributed by atoms with Crippen LogP contribution in [0, 0.1) is 23.7 Å². The van der Waals surface area contributed by atoms with Crippen LogP contribution in [0.3, 0.4) is 0 Å². The summed E-state index contributed by atoms with van der Waals surface area (Å²) in [6.45, 7) is 10.3. The van der Waals surface area contributed by atoms with Gasteiger partial charge in [0.05, 0.1) is 0 Å². The smallest absolute Gasteiger partial charge is 0.346 e. The molecule has 1 spiro atoms. The number of rotatable bonds is 0. The standard InChI is InChI=1S/C23H32O4/c1-13-7-6-8-18-11-15(3)17(5)12-23(18)21(25)19(22(26)27-23)20(24)16(4)10-14(2)9-13/h10-11,13-14,17-18,24H,6-9,12H2,1-5H3. The van der Waals surface area contributed by atoms with Crippen molar-refractivity contribution in [2.24, 2.45) is 23.7 Å². The predicted molar refractivity (Wildman–Crippen MR) is 105 cm³/mol. The van der Waals surface area contributed by atoms with Crippen molar-refractivity contribution in [3.63, 3.8) is 0 Å². The maximum absolute atomic E-state index is 13.4. The highest BCUT2D eigenvalue weighted by atomic mass is 16.6. The van der Waals surface area contributed by atoms with Gasteiger partial charge in [0.2, 0.25) is 5.78 Å². The van der Waals surface area contributed by atoms with Crippen LogP contribution in [0.5, 0.6) is 0 Å². The third-order valence-corrected chi connectivity index (χ3v) is 6.67. The van der Waals surface area contributed by atoms with Crippen molar-refractivity contribution in [1.82, 2.24) is 0 Å². The Morgan fingerprint density at radius 1 is 1.11 bits per heavy atom. The zero-order valence-corrected chi connectivity index (χ0v) is 17.2. The number of fused-ring (bicyclic) bond motifs is 1. The van der Waals surface area contributed by atoms with E-state index in [9.17, 15) is 14.7 Å². The van der Waals surface area contributed by atoms with Gasteiger partial charge in [0.1, 0.15) is 11.3 Å². The van der Waals surface area contributed by atoms with Gasteiger partial charge in [-0.15, -0.1) is 0 Å². The van der Waals surface area contributed by atoms with Gasteiger partial charge in [-0.3, -0.25) is 4.79 Å². The molecular formula is C23H32O4. The Kier molecular flexibility index (Phi) is 5.38. The van der Waals surface area contributed by atoms with E-state index in [0.717, 1.165) is 25.7 Å². The fourth-order valence-electron chi connectivity index (χ4n) is 5.06. The first-order valence-electron chi connectivity index (χ1n) is 10.2. The maximum Gasteiger partial charge on any atom is 0.346 e. The highest BCUT2D eigenvalue weighted by molar-refractivity contribution is 6.26. The fourth-order valence-corrected chi connectivity index (χ4v) is 5.06. The first-order chi connectivity index (χ1) is 12.7. The van der Waals surface area contributed by atoms with E-state index in [4.69, 9.17) is 4.74 Å². The molecule has 4 nitrogen and oxygen atoms in total. The van der Waals surface area contributed by atoms with E-state index in [-0.39, 0.29) is 34.9 Å². The monoisotopic (exact) mass is 372 g/mol. The number of aliphatic hydroxyl groups is 1. The van der Waals surface area contributed by atoms with Gasteiger partial charge in [0, 0.05) is 12.3 Å². The molecule has 4 heteroatoms. The zero-order chi connectivity index (χ0) is 19.9. The lowest BCUT2D eigenvalue weighted by Gasteiger charge is -2.39. The molecule has 2 bridgehead atoms. The average Bonchev–Trinajstić information content (AvgIpc) is 2.81. The normalized spacial score (nSPS) is 38.1. The van der Waals surface area contributed by atoms with Crippen molar-refractivity contribution < 1.29 is 19.4 Å². The maximum atomic E-state index is 13.4. The summed E-state index contributed by atoms with van der Waals surface area (Å²) in [5.74, 6) is -0.325. The minimum atomic E-state index is -1.15. The average molecular weight is 373 g/mol. The van der Waals surface area contributed by atoms with Crippen LogP contribution < -0.4 is 0 Å². The molecule has 3 rings (SSSR count). The molecule has 2 aliphatic carbocycles. The number of carbonyl (C=O) groups is 2. The van der Waals surface area contributed by atoms with E-state index in [0.29, 0.717) is 17.9 Å². The second-order valence-electron chi connectivity index (χ2n) is 9.05. The highest BCUT2D eigenvalue weighted by Gasteiger charge is 2.59. The number of hydrogen-bond donors (Lipinski definition) is 1. The van der Waals surface area contributed by atoms with Crippen molar-refractivity contribution in [1.29, 1.82) is 0 Å². The van der Waals surface area contributed by atoms with Crippen LogP contribution in [0.2, 0.25) is 0 Å². The first kappa shape index (κ1) is 19.9. The minimum absolute atomic E-state index is 0.120. The summed E-state index contributed by atoms with van der Waals surface area (Å²) in [5.41, 5.74) is 0.521. The zero-order valence-electron chi connectivity index (χ0n) is 17.2. The van der Waals surface area contributed by atoms with Gasteiger partial charge < -0.3 is 9.84 Å². The molecular weight excluding hydrogens is 340 g/mol. The molecule has 1 N–H and O–H groups in total. The molecule has 1 heterocycles. The van der Waals surface area contributed by atoms with Crippen molar-refractivity contribution in [2.75, 3.05) is 0 Å². The lowest BCUT2D eigenvalue weighted by atomic mass is 9.68. The summed E-state index contributed by atoms with van der Waals surface area (Å²) >= 11 is 0. The summed E-state index contributed by atoms with van der Waals surface area (Å²) in [6.07, 6.45) is 8.53. The third kappa shape index (κ3) is 3.51. The Balaban J connectivity index is 2.12. The van der Waals surface area contributed by atoms with Crippen molar-refractivity contribution in [3.05, 3.63) is 34.6 Å². The molecule has 0 amide bonds. The van der Waals surface area contributed by atoms with Crippen molar-refractivity contribution in [3.8, 4) is 0 Å². The molecule has 27 heavy (non-hydrogen) atoms. The van der Waals surface area contributed by atoms with Crippen LogP contribution in [-0.2, 0) is 14.3 Å². The third-order valence-electron chi connectivity index (χ3n) is 6.67. The van der Waals surface area contributed by atoms with Gasteiger partial charge in [0.15, 0.2) is 5.60 Å². The number of hydrogen-bond acceptors (Lipinski definition) is 4. The molecule has 0 saturated carbocycles. The number of Topliss-reactive ketones (excluding diaryl/α,β-unsaturated/α-hetero) is 1. The van der Waals surface area contributed by atoms with Crippen LogP contribution in [0.25, 0.3) is 0 Å². The fraction of sp³-hybridized carbons (Fsp3) is 0.652. The first-order valence-corrected chi connectivity index (χ1v) is 10.2. The van der Waals surface area contributed by atoms with Crippen molar-refractivity contribution in [2.45, 2.75) is 72.3 Å². The second kappa shape index (κ2) is 7.29. The molecule has 1 saturated heterocycles. The topological polar surface area (TPSA) is 63.6 Å². The number of allylic oxidation sites excluding steroid dienone is 3. The summed E-state index contributed by atoms with van der Waals surface area (Å²) in [4.78, 5) is 26.1. The molecule has 5 atom stereocenters. The predicted octanol–water partition coefficient (Wildman–Crippen LogP) is 5.06. The Morgan fingerprint density at radius 3 is 2.52 bits per heavy atom. The molecule has 5 unspecified atom stereocenters. The lowest BCUT2D eigenvalue weighted by Crippen LogP contribution is -2.47. The van der Waals surface area contributed by atoms with Crippen LogP contribution >= 0.6 is 0 Å². The largest absolute Gasteiger partial charge is 0.507 e. The van der Waals surface area contributed by atoms with Crippen LogP contribution in [0.15, 0.2) is 34.6 Å². The molecule has 1 fully saturated rings. The molecule has 148 valence electrons. The molecule has 0 aromatic carbocycles. The Hall–Kier alpha value is -1.84. The number of ether oxygens (including phenoxy) is 1. The summed E-state index contributed by atoms with van der Waals surface area (Å²) < 4.78 is 5.79. The Bertz CT molecular complexity index is 741. The van der Waals surface area contributed by atoms with Gasteiger partial charge in [-0.2, -0.15) is 0 Å². The summed E-state index contributed by atoms with van der Waals surface area (Å²) in [7, 11) is 0. The molecule has 1 aliphatic heterocycles. The second-order valence-corrected chi connectivity index (χ2v) is 9.05. The SMILES string of the molecule is CC1=CC(C)CC(C)CCCC2C=C(C)C(C)CC23OC(=O)C(=C1O)C3=O. The van der Waals surface area contributed by atoms with Crippen LogP contribution in [-0.4, -0.2) is 22.5 Å². The van der Waals surface area contributed by atoms with E-state index >= 15 is 0 Å². The van der Waals surface area contributed by atoms with Gasteiger partial charge in [-0.1, -0.05) is 51.3 Å². The van der Waals surface area contributed by atoms with Crippen molar-refractivity contribution >= 4 is 11.8 Å². The highest BCUT2D eigenvalue weighted by Crippen LogP contribution is 2.47. The van der Waals surface area contributed by atoms with E-state index in [1.165, 1.54) is 5.57 Å². The number of carbonyl (C=O) groups excluding carboxylic acids is 2. The number of ketones is 1. The lowest BCUT2D eigenvalue weighted by molar-refractivity contribution is -0.158. The van der Waals surface area contributed by atoms with Gasteiger partial charge in [-0.05, 0) is 50.0 Å². The Morgan fingerprint density at radius 2 is 1.81 bits per heavy atom. The summed E-state index contributed by atoms with van der Waals surface area (Å²) in [5, 5.41) is 10.7. The van der Waals surface area contributed by atoms with E-state index in [1.54, 1.807) is 6.92 Å². The minimum Gasteiger partial charge on any atom is -0.507 e. The number of esters is 1. The Labute approximate surface area is 162 Å². The van der Waals surface area contributed by atoms with Gasteiger partial charge in [0.25, 0.3) is 0 Å². The van der Waals surface area contributed by atoms with Gasteiger partial charge >= 0.3 is 5.97 Å². The van der Waals surface area contributed by atoms with E-state index in [1.807, 2.05) is 6.08 Å². The number of aliphatic hydroxyl groups excluding tert-OH is 1. The summed E-state index contributed by atoms with van der Waals surface area (Å²) in [6, 6.07) is 0. The molecule has 0 aromatic heterocycles. The molecule has 3 aliphatic rings. The molecule has 0 radical (unpaired) electrons. The van der Waals surface area contributed by atoms with Crippen LogP contribution in [0.4, 0.5) is 0 Å². The van der Waals surface area contributed by atoms with Crippen LogP contribution in [0.1, 0.15) is 66.7 Å². The molecule has 0 aromatic rings. The van der Waals surface area contributed by atoms with Gasteiger partial charge in [-0.25, -0.2) is 4.79 Å². The van der Waals surface area contributed by atoms with E-state index in [2.05, 4.69) is 33.8 Å². The van der Waals surface area contributed by atoms with E-state index < -0.39 is 11.6 Å².